The van der Waals surface area contributed by atoms with E-state index in [1.807, 2.05) is 48.5 Å². The molecule has 2 aliphatic heterocycles. The minimum atomic E-state index is -2.60. The van der Waals surface area contributed by atoms with Crippen molar-refractivity contribution < 1.29 is 49.6 Å². The van der Waals surface area contributed by atoms with Gasteiger partial charge in [0.25, 0.3) is 0 Å². The van der Waals surface area contributed by atoms with Gasteiger partial charge in [-0.2, -0.15) is 0 Å². The average molecular weight is 680 g/mol. The average Bonchev–Trinajstić information content (AvgIpc) is 3.59. The smallest absolute Gasteiger partial charge is 0.343 e. The van der Waals surface area contributed by atoms with Crippen molar-refractivity contribution in [1.29, 1.82) is 0 Å². The van der Waals surface area contributed by atoms with Crippen LogP contribution in [0.1, 0.15) is 24.1 Å². The van der Waals surface area contributed by atoms with Crippen LogP contribution in [0.2, 0.25) is 0 Å². The molecule has 3 fully saturated rings. The highest BCUT2D eigenvalue weighted by molar-refractivity contribution is 6.14. The van der Waals surface area contributed by atoms with Crippen LogP contribution in [0.5, 0.6) is 11.5 Å². The predicted octanol–water partition coefficient (Wildman–Crippen LogP) is 3.34. The first-order chi connectivity index (χ1) is 24.1. The van der Waals surface area contributed by atoms with E-state index in [-0.39, 0.29) is 23.1 Å². The van der Waals surface area contributed by atoms with Crippen molar-refractivity contribution in [2.45, 2.75) is 67.8 Å². The Kier molecular flexibility index (Phi) is 7.18. The number of phenols is 1. The van der Waals surface area contributed by atoms with E-state index in [1.165, 1.54) is 6.08 Å². The number of phenolic OH excluding ortho intramolecular Hbond substituents is 1. The maximum absolute atomic E-state index is 14.3. The van der Waals surface area contributed by atoms with Crippen molar-refractivity contribution in [2.24, 2.45) is 17.8 Å². The second-order valence-corrected chi connectivity index (χ2v) is 14.2. The first kappa shape index (κ1) is 31.6. The summed E-state index contributed by atoms with van der Waals surface area (Å²) < 4.78 is 18.7. The van der Waals surface area contributed by atoms with Crippen LogP contribution in [0, 0.1) is 17.8 Å². The number of nitrogens with one attached hydrogen (secondary N) is 1. The molecular formula is C39H37NO10. The van der Waals surface area contributed by atoms with E-state index in [0.29, 0.717) is 30.2 Å². The van der Waals surface area contributed by atoms with Crippen LogP contribution in [0.3, 0.4) is 0 Å². The fraction of sp³-hybridized carbons (Fsp3) is 0.359. The van der Waals surface area contributed by atoms with Crippen LogP contribution in [0.25, 0.3) is 32.4 Å². The van der Waals surface area contributed by atoms with Crippen LogP contribution in [0.4, 0.5) is 0 Å². The quantitative estimate of drug-likeness (QED) is 0.0827. The lowest BCUT2D eigenvalue weighted by molar-refractivity contribution is -0.338. The zero-order valence-corrected chi connectivity index (χ0v) is 26.8. The van der Waals surface area contributed by atoms with Gasteiger partial charge in [-0.1, -0.05) is 54.6 Å². The number of ether oxygens (including phenoxy) is 3. The molecule has 9 rings (SSSR count). The Morgan fingerprint density at radius 1 is 0.940 bits per heavy atom. The number of H-pyrrole nitrogens is 1. The van der Waals surface area contributed by atoms with E-state index in [2.05, 4.69) is 4.98 Å². The Morgan fingerprint density at radius 2 is 1.70 bits per heavy atom. The predicted molar refractivity (Wildman–Crippen MR) is 181 cm³/mol. The van der Waals surface area contributed by atoms with Gasteiger partial charge in [-0.15, -0.1) is 0 Å². The lowest BCUT2D eigenvalue weighted by Gasteiger charge is -2.57. The van der Waals surface area contributed by atoms with E-state index >= 15 is 0 Å². The van der Waals surface area contributed by atoms with Gasteiger partial charge >= 0.3 is 5.97 Å². The Balaban J connectivity index is 1.11. The third-order valence-corrected chi connectivity index (χ3v) is 11.6. The topological polar surface area (TPSA) is 182 Å². The summed E-state index contributed by atoms with van der Waals surface area (Å²) in [5.74, 6) is -5.02. The lowest BCUT2D eigenvalue weighted by atomic mass is 9.58. The van der Waals surface area contributed by atoms with Gasteiger partial charge in [0.05, 0.1) is 35.4 Å². The molecule has 0 spiro atoms. The molecule has 1 aromatic heterocycles. The molecule has 7 N–H and O–H groups in total. The second kappa shape index (κ2) is 11.3. The lowest BCUT2D eigenvalue weighted by Crippen LogP contribution is -2.73. The monoisotopic (exact) mass is 679 g/mol. The summed E-state index contributed by atoms with van der Waals surface area (Å²) >= 11 is 0. The molecule has 258 valence electrons. The highest BCUT2D eigenvalue weighted by atomic mass is 16.7. The molecule has 11 heteroatoms. The van der Waals surface area contributed by atoms with Crippen LogP contribution < -0.4 is 4.74 Å². The van der Waals surface area contributed by atoms with E-state index < -0.39 is 66.3 Å². The fourth-order valence-electron chi connectivity index (χ4n) is 9.14. The highest BCUT2D eigenvalue weighted by Gasteiger charge is 2.77. The molecule has 11 nitrogen and oxygen atoms in total. The Bertz CT molecular complexity index is 2180. The maximum atomic E-state index is 14.3. The number of esters is 1. The summed E-state index contributed by atoms with van der Waals surface area (Å²) in [7, 11) is 0. The molecule has 5 aromatic rings. The molecule has 2 saturated heterocycles. The van der Waals surface area contributed by atoms with Crippen molar-refractivity contribution >= 4 is 38.4 Å². The molecule has 10 atom stereocenters. The largest absolute Gasteiger partial charge is 0.508 e. The minimum Gasteiger partial charge on any atom is -0.508 e. The first-order valence-electron chi connectivity index (χ1n) is 17.0. The molecule has 4 aliphatic rings. The second-order valence-electron chi connectivity index (χ2n) is 14.2. The van der Waals surface area contributed by atoms with Crippen molar-refractivity contribution in [3.05, 3.63) is 96.2 Å². The fourth-order valence-corrected chi connectivity index (χ4v) is 9.14. The molecule has 10 unspecified atom stereocenters. The van der Waals surface area contributed by atoms with Gasteiger partial charge in [-0.25, -0.2) is 4.79 Å². The van der Waals surface area contributed by atoms with Crippen LogP contribution >= 0.6 is 0 Å². The van der Waals surface area contributed by atoms with E-state index in [4.69, 9.17) is 14.2 Å². The van der Waals surface area contributed by atoms with Gasteiger partial charge in [0.2, 0.25) is 5.79 Å². The van der Waals surface area contributed by atoms with E-state index in [1.54, 1.807) is 30.3 Å². The number of benzene rings is 4. The summed E-state index contributed by atoms with van der Waals surface area (Å²) in [6, 6.07) is 22.4. The number of aromatic hydroxyl groups is 1. The third-order valence-electron chi connectivity index (χ3n) is 11.6. The van der Waals surface area contributed by atoms with Gasteiger partial charge in [-0.3, -0.25) is 0 Å². The molecule has 1 saturated carbocycles. The Hall–Kier alpha value is -4.33. The van der Waals surface area contributed by atoms with Crippen LogP contribution in [0.15, 0.2) is 84.9 Å². The molecule has 50 heavy (non-hydrogen) atoms. The van der Waals surface area contributed by atoms with Gasteiger partial charge in [0.15, 0.2) is 17.5 Å². The molecule has 0 radical (unpaired) electrons. The van der Waals surface area contributed by atoms with Gasteiger partial charge in [-0.05, 0) is 82.6 Å². The molecule has 0 amide bonds. The normalized spacial score (nSPS) is 34.6. The van der Waals surface area contributed by atoms with Crippen molar-refractivity contribution in [3.8, 4) is 11.5 Å². The summed E-state index contributed by atoms with van der Waals surface area (Å²) in [6.45, 7) is -0.475. The zero-order chi connectivity index (χ0) is 34.5. The number of rotatable bonds is 5. The summed E-state index contributed by atoms with van der Waals surface area (Å²) in [6.07, 6.45) is -1.99. The molecule has 2 aliphatic carbocycles. The molecule has 0 bridgehead atoms. The van der Waals surface area contributed by atoms with Crippen LogP contribution in [-0.4, -0.2) is 83.5 Å². The molecule has 4 aromatic carbocycles. The summed E-state index contributed by atoms with van der Waals surface area (Å²) in [4.78, 5) is 17.5. The zero-order valence-electron chi connectivity index (χ0n) is 26.8. The standard InChI is InChI=1S/C39H37NO10/c41-18-29-34(32-25-17-21-4-2-1-3-20(21)16-22(25)7-12-28(32)40-29)49-37(45)35-36-38(46)27(11-14-31(44)39(38,47)50-35)24-10-13-30(43)26(33(24)48-36)15-19-5-8-23(42)9-6-19/h1-9,11-12,14,16-17,24,26-27,30-31,33,35-36,40-44,46-47H,10,13,15,18H2. The SMILES string of the molecule is O=C(Oc1c(CO)[nH]c2ccc3cc4ccccc4cc3c12)C1OC2(O)C(O)C=CC3C4CCC(O)C(Cc5ccc(O)cc5)C4OC1C32O. The summed E-state index contributed by atoms with van der Waals surface area (Å²) in [5.41, 5.74) is -0.501. The van der Waals surface area contributed by atoms with Gasteiger partial charge in [0, 0.05) is 11.8 Å². The number of aliphatic hydroxyl groups is 5. The third kappa shape index (κ3) is 4.45. The van der Waals surface area contributed by atoms with Crippen LogP contribution in [-0.2, 0) is 27.3 Å². The van der Waals surface area contributed by atoms with E-state index in [9.17, 15) is 35.4 Å². The number of hydrogen-bond acceptors (Lipinski definition) is 10. The van der Waals surface area contributed by atoms with Crippen molar-refractivity contribution in [1.82, 2.24) is 4.98 Å². The molecule has 3 heterocycles. The minimum absolute atomic E-state index is 0.0769. The number of carbonyl (C=O) groups excluding carboxylic acids is 1. The number of aromatic amines is 1. The number of carbonyl (C=O) groups is 1. The van der Waals surface area contributed by atoms with Crippen molar-refractivity contribution in [2.75, 3.05) is 0 Å². The molecular weight excluding hydrogens is 642 g/mol. The maximum Gasteiger partial charge on any atom is 0.343 e. The number of aromatic nitrogens is 1. The number of aliphatic hydroxyl groups excluding tert-OH is 3. The highest BCUT2D eigenvalue weighted by Crippen LogP contribution is 2.59. The van der Waals surface area contributed by atoms with Gasteiger partial charge < -0.3 is 49.8 Å². The Morgan fingerprint density at radius 3 is 2.46 bits per heavy atom. The number of fused-ring (bicyclic) bond motifs is 6. The van der Waals surface area contributed by atoms with Crippen molar-refractivity contribution in [3.63, 3.8) is 0 Å². The first-order valence-corrected chi connectivity index (χ1v) is 17.0. The van der Waals surface area contributed by atoms with E-state index in [0.717, 1.165) is 27.1 Å². The number of hydrogen-bond donors (Lipinski definition) is 7. The summed E-state index contributed by atoms with van der Waals surface area (Å²) in [5, 5.41) is 71.0. The van der Waals surface area contributed by atoms with Gasteiger partial charge in [0.1, 0.15) is 18.0 Å². The Labute approximate surface area is 286 Å².